The van der Waals surface area contributed by atoms with Crippen LogP contribution in [0.4, 0.5) is 0 Å². The Labute approximate surface area is 180 Å². The maximum absolute atomic E-state index is 9.88. The molecule has 0 bridgehead atoms. The molecule has 0 aliphatic rings. The summed E-state index contributed by atoms with van der Waals surface area (Å²) in [6, 6.07) is 15.7. The Hall–Kier alpha value is -3.56. The Morgan fingerprint density at radius 2 is 1.68 bits per heavy atom. The summed E-state index contributed by atoms with van der Waals surface area (Å²) >= 11 is 0. The van der Waals surface area contributed by atoms with Crippen LogP contribution in [0.25, 0.3) is 0 Å². The van der Waals surface area contributed by atoms with E-state index >= 15 is 0 Å². The van der Waals surface area contributed by atoms with Crippen molar-refractivity contribution in [2.75, 3.05) is 13.2 Å². The highest BCUT2D eigenvalue weighted by molar-refractivity contribution is 6.11. The van der Waals surface area contributed by atoms with Gasteiger partial charge in [-0.25, -0.2) is 9.59 Å². The zero-order chi connectivity index (χ0) is 23.1. The molecule has 1 unspecified atom stereocenters. The van der Waals surface area contributed by atoms with E-state index in [9.17, 15) is 14.7 Å². The van der Waals surface area contributed by atoms with E-state index in [0.29, 0.717) is 30.5 Å². The van der Waals surface area contributed by atoms with Crippen molar-refractivity contribution in [1.29, 1.82) is 0 Å². The minimum Gasteiger partial charge on any atom is -0.478 e. The fourth-order valence-corrected chi connectivity index (χ4v) is 2.11. The monoisotopic (exact) mass is 429 g/mol. The summed E-state index contributed by atoms with van der Waals surface area (Å²) in [5.41, 5.74) is 2.30. The number of hydrogen-bond acceptors (Lipinski definition) is 7. The van der Waals surface area contributed by atoms with Crippen LogP contribution in [0, 0.1) is 0 Å². The molecule has 0 saturated carbocycles. The normalized spacial score (nSPS) is 12.2. The fourth-order valence-electron chi connectivity index (χ4n) is 2.11. The highest BCUT2D eigenvalue weighted by Crippen LogP contribution is 2.09. The number of nitrogens with zero attached hydrogens (tertiary/aromatic N) is 2. The molecule has 0 radical (unpaired) electrons. The minimum absolute atomic E-state index is 0.128. The zero-order valence-electron chi connectivity index (χ0n) is 17.4. The third-order valence-corrected chi connectivity index (χ3v) is 3.51. The maximum atomic E-state index is 9.88. The second-order valence-electron chi connectivity index (χ2n) is 6.54. The van der Waals surface area contributed by atoms with Gasteiger partial charge in [-0.05, 0) is 12.1 Å². The number of aliphatic carboxylic acids is 2. The molecule has 4 N–H and O–H groups in total. The molecule has 2 rings (SSSR count). The second kappa shape index (κ2) is 14.4. The number of aliphatic hydroxyl groups is 1. The van der Waals surface area contributed by atoms with E-state index in [1.54, 1.807) is 6.20 Å². The van der Waals surface area contributed by atoms with Crippen LogP contribution in [0.15, 0.2) is 72.0 Å². The molecular weight excluding hydrogens is 402 g/mol. The summed E-state index contributed by atoms with van der Waals surface area (Å²) in [5, 5.41) is 32.9. The number of hydrogen-bond donors (Lipinski definition) is 4. The van der Waals surface area contributed by atoms with Crippen LogP contribution in [0.2, 0.25) is 0 Å². The summed E-state index contributed by atoms with van der Waals surface area (Å²) in [7, 11) is 0. The first-order valence-electron chi connectivity index (χ1n) is 9.51. The molecule has 1 atom stereocenters. The minimum atomic E-state index is -1.26. The van der Waals surface area contributed by atoms with Crippen LogP contribution < -0.4 is 5.32 Å². The van der Waals surface area contributed by atoms with Crippen molar-refractivity contribution < 1.29 is 29.7 Å². The van der Waals surface area contributed by atoms with Gasteiger partial charge in [-0.2, -0.15) is 0 Å². The van der Waals surface area contributed by atoms with Gasteiger partial charge in [0, 0.05) is 36.5 Å². The fraction of sp³-hybridized carbons (Fsp3) is 0.273. The summed E-state index contributed by atoms with van der Waals surface area (Å²) in [4.78, 5) is 28.8. The van der Waals surface area contributed by atoms with Gasteiger partial charge in [-0.15, -0.1) is 0 Å². The Morgan fingerprint density at radius 3 is 2.19 bits per heavy atom. The van der Waals surface area contributed by atoms with Gasteiger partial charge in [-0.1, -0.05) is 55.4 Å². The molecule has 0 saturated heterocycles. The van der Waals surface area contributed by atoms with Crippen LogP contribution in [-0.4, -0.2) is 63.3 Å². The average Bonchev–Trinajstić information content (AvgIpc) is 2.75. The van der Waals surface area contributed by atoms with Crippen molar-refractivity contribution in [3.63, 3.8) is 0 Å². The molecule has 0 aliphatic carbocycles. The second-order valence-corrected chi connectivity index (χ2v) is 6.54. The van der Waals surface area contributed by atoms with Gasteiger partial charge in [0.2, 0.25) is 0 Å². The van der Waals surface area contributed by atoms with Gasteiger partial charge in [0.1, 0.15) is 18.4 Å². The number of nitrogens with one attached hydrogen (secondary N) is 1. The molecular formula is C22H27N3O6. The number of oxime groups is 1. The molecule has 1 aromatic heterocycles. The topological polar surface area (TPSA) is 141 Å². The van der Waals surface area contributed by atoms with Gasteiger partial charge in [0.15, 0.2) is 0 Å². The molecule has 31 heavy (non-hydrogen) atoms. The number of aliphatic hydroxyl groups excluding tert-OH is 1. The van der Waals surface area contributed by atoms with Gasteiger partial charge in [0.25, 0.3) is 0 Å². The smallest absolute Gasteiger partial charge is 0.328 e. The van der Waals surface area contributed by atoms with Crippen molar-refractivity contribution in [3.05, 3.63) is 78.1 Å². The van der Waals surface area contributed by atoms with Crippen LogP contribution in [0.1, 0.15) is 25.1 Å². The van der Waals surface area contributed by atoms with E-state index in [1.807, 2.05) is 62.4 Å². The summed E-state index contributed by atoms with van der Waals surface area (Å²) in [6.45, 7) is 4.65. The van der Waals surface area contributed by atoms with Crippen molar-refractivity contribution in [3.8, 4) is 0 Å². The van der Waals surface area contributed by atoms with Crippen molar-refractivity contribution >= 4 is 17.7 Å². The quantitative estimate of drug-likeness (QED) is 0.255. The Bertz CT molecular complexity index is 797. The van der Waals surface area contributed by atoms with Crippen molar-refractivity contribution in [2.24, 2.45) is 5.16 Å². The lowest BCUT2D eigenvalue weighted by molar-refractivity contribution is -0.134. The van der Waals surface area contributed by atoms with E-state index in [2.05, 4.69) is 15.5 Å². The Kier molecular flexibility index (Phi) is 11.9. The van der Waals surface area contributed by atoms with E-state index in [1.165, 1.54) is 0 Å². The standard InChI is InChI=1S/C18H23N3O2.C4H4O4/c1-14(2)20-12-16(22)13-23-21-18(15-8-4-3-5-9-15)17-10-6-7-11-19-17;5-3(6)1-2-4(7)8/h3-11,14,16,20,22H,12-13H2,1-2H3;1-2H,(H,5,6)(H,7,8)/b21-18+;2-1-. The van der Waals surface area contributed by atoms with Crippen LogP contribution in [-0.2, 0) is 14.4 Å². The molecule has 0 aliphatic heterocycles. The first kappa shape index (κ1) is 25.5. The first-order chi connectivity index (χ1) is 14.8. The van der Waals surface area contributed by atoms with Gasteiger partial charge < -0.3 is 25.5 Å². The third-order valence-electron chi connectivity index (χ3n) is 3.51. The number of benzene rings is 1. The number of aromatic nitrogens is 1. The summed E-state index contributed by atoms with van der Waals surface area (Å²) in [6.07, 6.45) is 2.22. The number of rotatable bonds is 10. The van der Waals surface area contributed by atoms with Crippen molar-refractivity contribution in [1.82, 2.24) is 10.3 Å². The Balaban J connectivity index is 0.000000512. The maximum Gasteiger partial charge on any atom is 0.328 e. The highest BCUT2D eigenvalue weighted by atomic mass is 16.6. The molecule has 166 valence electrons. The highest BCUT2D eigenvalue weighted by Gasteiger charge is 2.10. The van der Waals surface area contributed by atoms with Crippen LogP contribution in [0.3, 0.4) is 0 Å². The van der Waals surface area contributed by atoms with E-state index in [0.717, 1.165) is 11.3 Å². The van der Waals surface area contributed by atoms with Gasteiger partial charge in [-0.3, -0.25) is 4.98 Å². The largest absolute Gasteiger partial charge is 0.478 e. The predicted octanol–water partition coefficient (Wildman–Crippen LogP) is 1.92. The molecule has 9 nitrogen and oxygen atoms in total. The van der Waals surface area contributed by atoms with Crippen molar-refractivity contribution in [2.45, 2.75) is 26.0 Å². The number of carboxylic acid groups (broad SMARTS) is 2. The lowest BCUT2D eigenvalue weighted by Crippen LogP contribution is -2.34. The lowest BCUT2D eigenvalue weighted by Gasteiger charge is -2.13. The van der Waals surface area contributed by atoms with Crippen LogP contribution in [0.5, 0.6) is 0 Å². The summed E-state index contributed by atoms with van der Waals surface area (Å²) < 4.78 is 0. The molecule has 0 fully saturated rings. The summed E-state index contributed by atoms with van der Waals surface area (Å²) in [5.74, 6) is -2.51. The third kappa shape index (κ3) is 11.9. The zero-order valence-corrected chi connectivity index (χ0v) is 17.4. The first-order valence-corrected chi connectivity index (χ1v) is 9.51. The van der Waals surface area contributed by atoms with Gasteiger partial charge >= 0.3 is 11.9 Å². The number of carbonyl (C=O) groups is 2. The molecule has 1 aromatic carbocycles. The van der Waals surface area contributed by atoms with E-state index in [-0.39, 0.29) is 6.61 Å². The molecule has 0 spiro atoms. The predicted molar refractivity (Wildman–Crippen MR) is 116 cm³/mol. The number of carboxylic acids is 2. The lowest BCUT2D eigenvalue weighted by atomic mass is 10.1. The molecule has 0 amide bonds. The number of pyridine rings is 1. The SMILES string of the molecule is CC(C)NCC(O)CO/N=C(\c1ccccc1)c1ccccn1.O=C(O)/C=C\C(=O)O. The molecule has 2 aromatic rings. The van der Waals surface area contributed by atoms with E-state index in [4.69, 9.17) is 15.1 Å². The van der Waals surface area contributed by atoms with Gasteiger partial charge in [0.05, 0.1) is 5.69 Å². The average molecular weight is 429 g/mol. The molecule has 1 heterocycles. The Morgan fingerprint density at radius 1 is 1.06 bits per heavy atom. The van der Waals surface area contributed by atoms with E-state index < -0.39 is 18.0 Å². The molecule has 9 heteroatoms. The van der Waals surface area contributed by atoms with Crippen LogP contribution >= 0.6 is 0 Å².